The molecule has 3 heterocycles. The quantitative estimate of drug-likeness (QED) is 0.198. The zero-order chi connectivity index (χ0) is 29.1. The molecular weight excluding hydrogens is 531 g/mol. The van der Waals surface area contributed by atoms with Crippen LogP contribution in [0.5, 0.6) is 0 Å². The van der Waals surface area contributed by atoms with Gasteiger partial charge in [0.05, 0.1) is 11.2 Å². The molecule has 208 valence electrons. The average Bonchev–Trinajstić information content (AvgIpc) is 3.63. The normalized spacial score (nSPS) is 16.5. The van der Waals surface area contributed by atoms with Crippen molar-refractivity contribution < 1.29 is 18.1 Å². The van der Waals surface area contributed by atoms with Crippen LogP contribution in [-0.4, -0.2) is 18.3 Å². The number of hydrogen-bond donors (Lipinski definition) is 0. The predicted molar refractivity (Wildman–Crippen MR) is 177 cm³/mol. The Hall–Kier alpha value is -4.58. The summed E-state index contributed by atoms with van der Waals surface area (Å²) in [5.74, 6) is 0. The Morgan fingerprint density at radius 2 is 1.21 bits per heavy atom. The summed E-state index contributed by atoms with van der Waals surface area (Å²) < 4.78 is 25.9. The first kappa shape index (κ1) is 25.0. The first-order valence-corrected chi connectivity index (χ1v) is 14.9. The zero-order valence-electron chi connectivity index (χ0n) is 24.5. The minimum absolute atomic E-state index is 0.439. The molecule has 6 aromatic carbocycles. The molecule has 2 aromatic heterocycles. The van der Waals surface area contributed by atoms with Crippen LogP contribution in [0.4, 0.5) is 0 Å². The summed E-state index contributed by atoms with van der Waals surface area (Å²) in [7, 11) is -0.493. The Labute approximate surface area is 248 Å². The monoisotopic (exact) mass is 560 g/mol. The molecule has 4 nitrogen and oxygen atoms in total. The molecule has 0 spiro atoms. The Morgan fingerprint density at radius 1 is 0.512 bits per heavy atom. The maximum absolute atomic E-state index is 6.59. The minimum Gasteiger partial charge on any atom is -0.456 e. The molecule has 8 aromatic rings. The lowest BCUT2D eigenvalue weighted by Gasteiger charge is -2.32. The topological polar surface area (TPSA) is 44.7 Å². The molecule has 0 saturated carbocycles. The van der Waals surface area contributed by atoms with Crippen molar-refractivity contribution in [2.45, 2.75) is 38.9 Å². The lowest BCUT2D eigenvalue weighted by molar-refractivity contribution is 0.00578. The van der Waals surface area contributed by atoms with Gasteiger partial charge in [-0.25, -0.2) is 0 Å². The molecule has 1 fully saturated rings. The summed E-state index contributed by atoms with van der Waals surface area (Å²) >= 11 is 0. The van der Waals surface area contributed by atoms with E-state index in [0.29, 0.717) is 0 Å². The van der Waals surface area contributed by atoms with Crippen LogP contribution in [0, 0.1) is 0 Å². The van der Waals surface area contributed by atoms with Gasteiger partial charge in [-0.05, 0) is 96.8 Å². The fourth-order valence-electron chi connectivity index (χ4n) is 6.71. The van der Waals surface area contributed by atoms with E-state index in [2.05, 4.69) is 119 Å². The van der Waals surface area contributed by atoms with Crippen LogP contribution >= 0.6 is 0 Å². The van der Waals surface area contributed by atoms with E-state index in [1.54, 1.807) is 0 Å². The van der Waals surface area contributed by atoms with Crippen molar-refractivity contribution in [2.75, 3.05) is 0 Å². The Morgan fingerprint density at radius 3 is 2.00 bits per heavy atom. The van der Waals surface area contributed by atoms with Crippen LogP contribution in [-0.2, 0) is 9.31 Å². The second-order valence-electron chi connectivity index (χ2n) is 12.8. The van der Waals surface area contributed by atoms with Crippen molar-refractivity contribution in [3.63, 3.8) is 0 Å². The summed E-state index contributed by atoms with van der Waals surface area (Å²) in [5.41, 5.74) is 5.87. The highest BCUT2D eigenvalue weighted by Gasteiger charge is 2.52. The molecule has 5 heteroatoms. The second-order valence-corrected chi connectivity index (χ2v) is 12.8. The number of furan rings is 2. The average molecular weight is 560 g/mol. The summed E-state index contributed by atoms with van der Waals surface area (Å²) in [6.45, 7) is 8.35. The SMILES string of the molecule is CC1(C)OB(c2cccc3oc4c5ccccc5c(-c5ccc6oc7cc8ccccc8cc7c6c5)cc4c23)OC1(C)C. The lowest BCUT2D eigenvalue weighted by Crippen LogP contribution is -2.41. The number of fused-ring (bicyclic) bond motifs is 9. The van der Waals surface area contributed by atoms with Gasteiger partial charge in [0.1, 0.15) is 22.3 Å². The van der Waals surface area contributed by atoms with E-state index in [9.17, 15) is 0 Å². The van der Waals surface area contributed by atoms with Gasteiger partial charge in [-0.3, -0.25) is 0 Å². The molecule has 1 saturated heterocycles. The first-order chi connectivity index (χ1) is 20.8. The summed E-state index contributed by atoms with van der Waals surface area (Å²) in [6, 6.07) is 36.2. The van der Waals surface area contributed by atoms with E-state index in [1.165, 1.54) is 10.8 Å². The van der Waals surface area contributed by atoms with Crippen LogP contribution in [0.2, 0.25) is 0 Å². The van der Waals surface area contributed by atoms with Crippen molar-refractivity contribution in [1.82, 2.24) is 0 Å². The smallest absolute Gasteiger partial charge is 0.456 e. The standard InChI is InChI=1S/C38H29BO4/c1-37(2)38(3,4)43-39(42-37)31-14-9-15-33-35(31)30-21-27(25-12-7-8-13-26(25)36(30)41-33)24-16-17-32-28(19-24)29-18-22-10-5-6-11-23(22)20-34(29)40-32/h5-21H,1-4H3. The molecule has 0 bridgehead atoms. The first-order valence-electron chi connectivity index (χ1n) is 14.9. The van der Waals surface area contributed by atoms with Crippen LogP contribution in [0.3, 0.4) is 0 Å². The van der Waals surface area contributed by atoms with E-state index in [1.807, 2.05) is 12.1 Å². The van der Waals surface area contributed by atoms with E-state index in [-0.39, 0.29) is 0 Å². The second kappa shape index (κ2) is 8.50. The van der Waals surface area contributed by atoms with Crippen LogP contribution in [0.15, 0.2) is 112 Å². The molecule has 1 aliphatic heterocycles. The van der Waals surface area contributed by atoms with Crippen molar-refractivity contribution in [3.05, 3.63) is 103 Å². The Balaban J connectivity index is 1.31. The van der Waals surface area contributed by atoms with Gasteiger partial charge in [0.25, 0.3) is 0 Å². The maximum Gasteiger partial charge on any atom is 0.495 e. The number of hydrogen-bond acceptors (Lipinski definition) is 4. The molecule has 0 aliphatic carbocycles. The van der Waals surface area contributed by atoms with Crippen molar-refractivity contribution in [1.29, 1.82) is 0 Å². The highest BCUT2D eigenvalue weighted by molar-refractivity contribution is 6.66. The largest absolute Gasteiger partial charge is 0.495 e. The molecule has 0 unspecified atom stereocenters. The fraction of sp³-hybridized carbons (Fsp3) is 0.158. The van der Waals surface area contributed by atoms with Crippen molar-refractivity contribution in [2.24, 2.45) is 0 Å². The van der Waals surface area contributed by atoms with Crippen LogP contribution < -0.4 is 5.46 Å². The highest BCUT2D eigenvalue weighted by Crippen LogP contribution is 2.43. The maximum atomic E-state index is 6.59. The highest BCUT2D eigenvalue weighted by atomic mass is 16.7. The van der Waals surface area contributed by atoms with Gasteiger partial charge in [0, 0.05) is 26.9 Å². The van der Waals surface area contributed by atoms with E-state index in [0.717, 1.165) is 71.2 Å². The predicted octanol–water partition coefficient (Wildman–Crippen LogP) is 9.76. The minimum atomic E-state index is -0.493. The lowest BCUT2D eigenvalue weighted by atomic mass is 9.76. The van der Waals surface area contributed by atoms with Crippen LogP contribution in [0.1, 0.15) is 27.7 Å². The van der Waals surface area contributed by atoms with Gasteiger partial charge in [-0.2, -0.15) is 0 Å². The number of benzene rings is 6. The summed E-state index contributed by atoms with van der Waals surface area (Å²) in [5, 5.41) is 8.92. The van der Waals surface area contributed by atoms with Gasteiger partial charge in [-0.1, -0.05) is 66.7 Å². The molecular formula is C38H29BO4. The Kier molecular flexibility index (Phi) is 4.94. The van der Waals surface area contributed by atoms with Gasteiger partial charge < -0.3 is 18.1 Å². The Bertz CT molecular complexity index is 2410. The van der Waals surface area contributed by atoms with Gasteiger partial charge in [-0.15, -0.1) is 0 Å². The molecule has 0 N–H and O–H groups in total. The van der Waals surface area contributed by atoms with Crippen molar-refractivity contribution >= 4 is 78.0 Å². The molecule has 9 rings (SSSR count). The zero-order valence-corrected chi connectivity index (χ0v) is 24.5. The fourth-order valence-corrected chi connectivity index (χ4v) is 6.71. The summed E-state index contributed by atoms with van der Waals surface area (Å²) in [4.78, 5) is 0. The van der Waals surface area contributed by atoms with E-state index >= 15 is 0 Å². The molecule has 0 amide bonds. The molecule has 0 radical (unpaired) electrons. The van der Waals surface area contributed by atoms with E-state index in [4.69, 9.17) is 18.1 Å². The molecule has 43 heavy (non-hydrogen) atoms. The third-order valence-electron chi connectivity index (χ3n) is 9.69. The molecule has 0 atom stereocenters. The van der Waals surface area contributed by atoms with Gasteiger partial charge in [0.15, 0.2) is 0 Å². The van der Waals surface area contributed by atoms with E-state index < -0.39 is 18.3 Å². The van der Waals surface area contributed by atoms with Gasteiger partial charge >= 0.3 is 7.12 Å². The number of rotatable bonds is 2. The molecule has 1 aliphatic rings. The summed E-state index contributed by atoms with van der Waals surface area (Å²) in [6.07, 6.45) is 0. The van der Waals surface area contributed by atoms with Gasteiger partial charge in [0.2, 0.25) is 0 Å². The van der Waals surface area contributed by atoms with Crippen LogP contribution in [0.25, 0.3) is 76.5 Å². The van der Waals surface area contributed by atoms with Crippen molar-refractivity contribution in [3.8, 4) is 11.1 Å². The third-order valence-corrected chi connectivity index (χ3v) is 9.69. The third kappa shape index (κ3) is 3.53.